The first-order chi connectivity index (χ1) is 26.2. The van der Waals surface area contributed by atoms with Gasteiger partial charge in [-0.3, -0.25) is 4.55 Å². The van der Waals surface area contributed by atoms with E-state index in [2.05, 4.69) is 0 Å². The Bertz CT molecular complexity index is 2220. The molecule has 0 spiro atoms. The molecule has 2 heterocycles. The first kappa shape index (κ1) is 44.1. The van der Waals surface area contributed by atoms with Gasteiger partial charge < -0.3 is 24.0 Å². The molecule has 56 heavy (non-hydrogen) atoms. The van der Waals surface area contributed by atoms with E-state index >= 15 is 0 Å². The summed E-state index contributed by atoms with van der Waals surface area (Å²) < 4.78 is 79.9. The topological polar surface area (TPSA) is 208 Å². The summed E-state index contributed by atoms with van der Waals surface area (Å²) in [4.78, 5) is 40.7. The molecule has 0 aliphatic carbocycles. The minimum atomic E-state index is -4.54. The first-order valence-electron chi connectivity index (χ1n) is 18.4. The molecule has 4 rings (SSSR count). The molecular formula is C40H50N2O12S2. The average Bonchev–Trinajstić information content (AvgIpc) is 3.46. The summed E-state index contributed by atoms with van der Waals surface area (Å²) >= 11 is 0. The number of carbonyl (C=O) groups excluding carboxylic acids is 2. The maximum Gasteiger partial charge on any atom is 0.338 e. The molecule has 0 saturated heterocycles. The number of hydrogen-bond donors (Lipinski definition) is 2. The molecule has 0 bridgehead atoms. The van der Waals surface area contributed by atoms with Crippen LogP contribution in [0.15, 0.2) is 66.4 Å². The molecule has 0 saturated carbocycles. The van der Waals surface area contributed by atoms with Gasteiger partial charge in [-0.15, -0.1) is 0 Å². The Kier molecular flexibility index (Phi) is 13.9. The van der Waals surface area contributed by atoms with Gasteiger partial charge in [0.1, 0.15) is 6.54 Å². The normalized spacial score (nSPS) is 16.9. The molecule has 16 heteroatoms. The number of nitrogens with zero attached hydrogens (tertiary/aromatic N) is 2. The molecule has 2 aromatic rings. The van der Waals surface area contributed by atoms with Gasteiger partial charge in [0.05, 0.1) is 56.8 Å². The summed E-state index contributed by atoms with van der Waals surface area (Å²) in [6.07, 6.45) is 10.00. The third-order valence-corrected chi connectivity index (χ3v) is 11.3. The average molecular weight is 815 g/mol. The van der Waals surface area contributed by atoms with Gasteiger partial charge in [0, 0.05) is 53.2 Å². The van der Waals surface area contributed by atoms with Crippen molar-refractivity contribution in [1.82, 2.24) is 0 Å². The molecule has 0 radical (unpaired) electrons. The fourth-order valence-electron chi connectivity index (χ4n) is 7.36. The van der Waals surface area contributed by atoms with Crippen LogP contribution in [0.1, 0.15) is 109 Å². The van der Waals surface area contributed by atoms with Crippen molar-refractivity contribution < 1.29 is 59.5 Å². The molecular weight excluding hydrogens is 765 g/mol. The van der Waals surface area contributed by atoms with Crippen LogP contribution in [-0.2, 0) is 40.5 Å². The molecule has 14 nitrogen and oxygen atoms in total. The van der Waals surface area contributed by atoms with Gasteiger partial charge in [0.25, 0.3) is 10.1 Å². The maximum absolute atomic E-state index is 13.5. The van der Waals surface area contributed by atoms with Gasteiger partial charge in [0.15, 0.2) is 5.71 Å². The third-order valence-electron chi connectivity index (χ3n) is 9.70. The predicted octanol–water partition coefficient (Wildman–Crippen LogP) is 5.90. The van der Waals surface area contributed by atoms with Gasteiger partial charge >= 0.3 is 17.9 Å². The third kappa shape index (κ3) is 10.0. The highest BCUT2D eigenvalue weighted by Gasteiger charge is 2.47. The van der Waals surface area contributed by atoms with Crippen LogP contribution in [-0.4, -0.2) is 97.1 Å². The first-order valence-corrected chi connectivity index (χ1v) is 21.6. The van der Waals surface area contributed by atoms with E-state index in [4.69, 9.17) is 9.47 Å². The van der Waals surface area contributed by atoms with Crippen LogP contribution < -0.4 is 4.90 Å². The minimum Gasteiger partial charge on any atom is -0.748 e. The van der Waals surface area contributed by atoms with Gasteiger partial charge in [-0.05, 0) is 57.4 Å². The maximum atomic E-state index is 13.5. The van der Waals surface area contributed by atoms with Crippen LogP contribution in [0, 0.1) is 0 Å². The number of benzene rings is 2. The Morgan fingerprint density at radius 3 is 2.12 bits per heavy atom. The molecule has 2 aromatic carbocycles. The minimum absolute atomic E-state index is 0.0395. The number of anilines is 1. The van der Waals surface area contributed by atoms with Gasteiger partial charge in [-0.25, -0.2) is 22.8 Å². The zero-order valence-corrected chi connectivity index (χ0v) is 34.2. The molecule has 2 aliphatic rings. The van der Waals surface area contributed by atoms with E-state index in [1.54, 1.807) is 53.5 Å². The lowest BCUT2D eigenvalue weighted by atomic mass is 9.79. The number of carboxylic acids is 1. The Balaban J connectivity index is 1.81. The number of fused-ring (bicyclic) bond motifs is 2. The molecule has 2 N–H and O–H groups in total. The summed E-state index contributed by atoms with van der Waals surface area (Å²) in [5.74, 6) is -3.48. The SMILES string of the molecule is CCCOC(=O)c1cc(C(=O)OCCC)c2c(c1)N(CCCS(=O)(=O)[O-])/C(=C/C=C/C=C/C1=[N+](CCCS(=O)(=O)O)c3cccc(C(=O)O)c3C1(C)C)C2(C)C. The fourth-order valence-corrected chi connectivity index (χ4v) is 8.33. The van der Waals surface area contributed by atoms with Crippen molar-refractivity contribution in [3.63, 3.8) is 0 Å². The van der Waals surface area contributed by atoms with Crippen molar-refractivity contribution in [1.29, 1.82) is 0 Å². The number of aromatic carboxylic acids is 1. The van der Waals surface area contributed by atoms with E-state index < -0.39 is 60.5 Å². The molecule has 2 aliphatic heterocycles. The van der Waals surface area contributed by atoms with Crippen molar-refractivity contribution in [2.24, 2.45) is 0 Å². The van der Waals surface area contributed by atoms with Crippen LogP contribution >= 0.6 is 0 Å². The zero-order valence-electron chi connectivity index (χ0n) is 32.5. The van der Waals surface area contributed by atoms with Gasteiger partial charge in [0.2, 0.25) is 5.69 Å². The zero-order chi connectivity index (χ0) is 41.6. The largest absolute Gasteiger partial charge is 0.748 e. The van der Waals surface area contributed by atoms with E-state index in [-0.39, 0.29) is 55.8 Å². The fraction of sp³-hybridized carbons (Fsp3) is 0.450. The van der Waals surface area contributed by atoms with Gasteiger partial charge in [-0.2, -0.15) is 13.0 Å². The number of carboxylic acid groups (broad SMARTS) is 1. The molecule has 304 valence electrons. The lowest BCUT2D eigenvalue weighted by molar-refractivity contribution is -0.437. The highest BCUT2D eigenvalue weighted by Crippen LogP contribution is 2.50. The Morgan fingerprint density at radius 1 is 0.857 bits per heavy atom. The van der Waals surface area contributed by atoms with Crippen LogP contribution in [0.3, 0.4) is 0 Å². The summed E-state index contributed by atoms with van der Waals surface area (Å²) in [6.45, 7) is 11.8. The molecule has 0 amide bonds. The van der Waals surface area contributed by atoms with Crippen molar-refractivity contribution >= 4 is 55.2 Å². The monoisotopic (exact) mass is 814 g/mol. The van der Waals surface area contributed by atoms with Crippen LogP contribution in [0.4, 0.5) is 11.4 Å². The lowest BCUT2D eigenvalue weighted by Gasteiger charge is -2.27. The molecule has 0 unspecified atom stereocenters. The highest BCUT2D eigenvalue weighted by atomic mass is 32.2. The molecule has 0 fully saturated rings. The lowest BCUT2D eigenvalue weighted by Crippen LogP contribution is -2.29. The van der Waals surface area contributed by atoms with Gasteiger partial charge in [-0.1, -0.05) is 52.0 Å². The number of rotatable bonds is 18. The number of ether oxygens (including phenoxy) is 2. The summed E-state index contributed by atoms with van der Waals surface area (Å²) in [5, 5.41) is 10.00. The number of esters is 2. The van der Waals surface area contributed by atoms with Crippen LogP contribution in [0.5, 0.6) is 0 Å². The second kappa shape index (κ2) is 17.7. The van der Waals surface area contributed by atoms with Crippen LogP contribution in [0.2, 0.25) is 0 Å². The highest BCUT2D eigenvalue weighted by molar-refractivity contribution is 7.85. The van der Waals surface area contributed by atoms with E-state index in [9.17, 15) is 45.4 Å². The molecule has 0 atom stereocenters. The summed E-state index contributed by atoms with van der Waals surface area (Å²) in [7, 11) is -8.77. The van der Waals surface area contributed by atoms with Crippen molar-refractivity contribution in [3.05, 3.63) is 94.2 Å². The molecule has 0 aromatic heterocycles. The van der Waals surface area contributed by atoms with E-state index in [0.717, 1.165) is 0 Å². The quantitative estimate of drug-likeness (QED) is 0.0779. The second-order valence-corrected chi connectivity index (χ2v) is 17.8. The smallest absolute Gasteiger partial charge is 0.338 e. The number of carbonyl (C=O) groups is 3. The van der Waals surface area contributed by atoms with Crippen molar-refractivity contribution in [3.8, 4) is 0 Å². The van der Waals surface area contributed by atoms with E-state index in [1.807, 2.05) is 46.1 Å². The van der Waals surface area contributed by atoms with E-state index in [0.29, 0.717) is 46.8 Å². The van der Waals surface area contributed by atoms with E-state index in [1.165, 1.54) is 12.1 Å². The predicted molar refractivity (Wildman–Crippen MR) is 211 cm³/mol. The standard InChI is InChI=1S/C40H50N2O12S2/c1-7-21-53-37(45)27-25-29(38(46)54-22-8-2)35-31(26-27)42(20-14-24-56(50,51)52)33(40(35,5)6)18-11-9-10-17-32-39(3,4)34-28(36(43)44)15-12-16-30(34)41(32)19-13-23-55(47,48)49/h9-12,15-18,25-26H,7-8,13-14,19-24H2,1-6H3,(H2-,43,44,47,48,49,50,51,52). The second-order valence-electron chi connectivity index (χ2n) is 14.7. The number of hydrogen-bond acceptors (Lipinski definition) is 11. The van der Waals surface area contributed by atoms with Crippen molar-refractivity contribution in [2.75, 3.05) is 42.7 Å². The Labute approximate surface area is 328 Å². The van der Waals surface area contributed by atoms with Crippen molar-refractivity contribution in [2.45, 2.75) is 78.1 Å². The summed E-state index contributed by atoms with van der Waals surface area (Å²) in [6, 6.07) is 7.96. The Hall–Kier alpha value is -4.64. The Morgan fingerprint density at radius 2 is 1.52 bits per heavy atom. The van der Waals surface area contributed by atoms with Crippen LogP contribution in [0.25, 0.3) is 0 Å². The summed E-state index contributed by atoms with van der Waals surface area (Å²) in [5.41, 5.74) is 2.24. The number of allylic oxidation sites excluding steroid dienone is 6.